The quantitative estimate of drug-likeness (QED) is 0.714. The van der Waals surface area contributed by atoms with Crippen LogP contribution in [0.15, 0.2) is 0 Å². The van der Waals surface area contributed by atoms with Crippen LogP contribution in [-0.4, -0.2) is 31.7 Å². The zero-order valence-electron chi connectivity index (χ0n) is 10.4. The van der Waals surface area contributed by atoms with E-state index in [2.05, 4.69) is 5.32 Å². The molecule has 4 heteroatoms. The maximum atomic E-state index is 11.4. The maximum absolute atomic E-state index is 11.4. The summed E-state index contributed by atoms with van der Waals surface area (Å²) in [7, 11) is 1.65. The van der Waals surface area contributed by atoms with Gasteiger partial charge >= 0.3 is 0 Å². The Morgan fingerprint density at radius 1 is 1.44 bits per heavy atom. The molecule has 1 fully saturated rings. The Kier molecular flexibility index (Phi) is 5.77. The molecule has 0 radical (unpaired) electrons. The Hall–Kier alpha value is -0.610. The molecule has 1 rings (SSSR count). The van der Waals surface area contributed by atoms with E-state index >= 15 is 0 Å². The predicted molar refractivity (Wildman–Crippen MR) is 64.0 cm³/mol. The molecule has 2 atom stereocenters. The number of hydrogen-bond acceptors (Lipinski definition) is 3. The van der Waals surface area contributed by atoms with Gasteiger partial charge in [-0.3, -0.25) is 4.79 Å². The second kappa shape index (κ2) is 6.86. The highest BCUT2D eigenvalue weighted by Gasteiger charge is 2.26. The molecule has 3 N–H and O–H groups in total. The largest absolute Gasteiger partial charge is 0.384 e. The fraction of sp³-hybridized carbons (Fsp3) is 0.917. The molecule has 0 aliphatic heterocycles. The monoisotopic (exact) mass is 228 g/mol. The lowest BCUT2D eigenvalue weighted by Crippen LogP contribution is -2.51. The van der Waals surface area contributed by atoms with E-state index in [1.807, 2.05) is 6.92 Å². The molecular weight excluding hydrogens is 204 g/mol. The fourth-order valence-electron chi connectivity index (χ4n) is 2.41. The minimum absolute atomic E-state index is 0.129. The standard InChI is InChI=1S/C12H24N2O2/c1-9(8-16-2)11(12(13)15)14-10-6-4-3-5-7-10/h9-11,14H,3-8H2,1-2H3,(H2,13,15). The van der Waals surface area contributed by atoms with Crippen LogP contribution in [0.3, 0.4) is 0 Å². The van der Waals surface area contributed by atoms with Crippen molar-refractivity contribution in [1.82, 2.24) is 5.32 Å². The topological polar surface area (TPSA) is 64.3 Å². The van der Waals surface area contributed by atoms with E-state index in [9.17, 15) is 4.79 Å². The van der Waals surface area contributed by atoms with Crippen LogP contribution in [0.4, 0.5) is 0 Å². The van der Waals surface area contributed by atoms with Gasteiger partial charge in [-0.25, -0.2) is 0 Å². The van der Waals surface area contributed by atoms with Crippen molar-refractivity contribution < 1.29 is 9.53 Å². The maximum Gasteiger partial charge on any atom is 0.234 e. The normalized spacial score (nSPS) is 21.6. The summed E-state index contributed by atoms with van der Waals surface area (Å²) in [6.45, 7) is 2.56. The highest BCUT2D eigenvalue weighted by molar-refractivity contribution is 5.80. The van der Waals surface area contributed by atoms with E-state index < -0.39 is 0 Å². The van der Waals surface area contributed by atoms with Gasteiger partial charge in [0, 0.05) is 19.1 Å². The Morgan fingerprint density at radius 3 is 2.56 bits per heavy atom. The summed E-state index contributed by atoms with van der Waals surface area (Å²) in [4.78, 5) is 11.4. The first-order valence-corrected chi connectivity index (χ1v) is 6.19. The van der Waals surface area contributed by atoms with E-state index in [0.717, 1.165) is 12.8 Å². The number of ether oxygens (including phenoxy) is 1. The summed E-state index contributed by atoms with van der Waals surface area (Å²) < 4.78 is 5.08. The lowest BCUT2D eigenvalue weighted by atomic mass is 9.93. The third kappa shape index (κ3) is 4.10. The van der Waals surface area contributed by atoms with Crippen molar-refractivity contribution in [2.45, 2.75) is 51.1 Å². The van der Waals surface area contributed by atoms with Gasteiger partial charge in [-0.05, 0) is 12.8 Å². The molecule has 1 aliphatic carbocycles. The number of amides is 1. The summed E-state index contributed by atoms with van der Waals surface area (Å²) in [6, 6.07) is 0.189. The minimum Gasteiger partial charge on any atom is -0.384 e. The van der Waals surface area contributed by atoms with Crippen molar-refractivity contribution in [1.29, 1.82) is 0 Å². The molecule has 0 aromatic rings. The van der Waals surface area contributed by atoms with Gasteiger partial charge in [-0.2, -0.15) is 0 Å². The van der Waals surface area contributed by atoms with Crippen LogP contribution >= 0.6 is 0 Å². The van der Waals surface area contributed by atoms with Gasteiger partial charge in [-0.15, -0.1) is 0 Å². The fourth-order valence-corrected chi connectivity index (χ4v) is 2.41. The van der Waals surface area contributed by atoms with Crippen LogP contribution in [-0.2, 0) is 9.53 Å². The van der Waals surface area contributed by atoms with E-state index in [1.165, 1.54) is 19.3 Å². The minimum atomic E-state index is -0.268. The molecular formula is C12H24N2O2. The van der Waals surface area contributed by atoms with Crippen LogP contribution in [0.5, 0.6) is 0 Å². The average molecular weight is 228 g/mol. The first-order valence-electron chi connectivity index (χ1n) is 6.19. The van der Waals surface area contributed by atoms with Crippen LogP contribution in [0.2, 0.25) is 0 Å². The Labute approximate surface area is 97.9 Å². The number of carbonyl (C=O) groups is 1. The molecule has 1 amide bonds. The molecule has 0 aromatic carbocycles. The average Bonchev–Trinajstić information content (AvgIpc) is 2.27. The van der Waals surface area contributed by atoms with E-state index in [1.54, 1.807) is 7.11 Å². The zero-order valence-corrected chi connectivity index (χ0v) is 10.4. The lowest BCUT2D eigenvalue weighted by molar-refractivity contribution is -0.122. The molecule has 1 saturated carbocycles. The molecule has 0 bridgehead atoms. The smallest absolute Gasteiger partial charge is 0.234 e. The molecule has 0 heterocycles. The first kappa shape index (κ1) is 13.5. The van der Waals surface area contributed by atoms with Gasteiger partial charge in [0.1, 0.15) is 0 Å². The number of hydrogen-bond donors (Lipinski definition) is 2. The van der Waals surface area contributed by atoms with E-state index in [-0.39, 0.29) is 17.9 Å². The van der Waals surface area contributed by atoms with Gasteiger partial charge in [-0.1, -0.05) is 26.2 Å². The van der Waals surface area contributed by atoms with Gasteiger partial charge in [0.2, 0.25) is 5.91 Å². The second-order valence-corrected chi connectivity index (χ2v) is 4.81. The number of nitrogens with two attached hydrogens (primary N) is 1. The molecule has 1 aliphatic rings. The van der Waals surface area contributed by atoms with E-state index in [0.29, 0.717) is 12.6 Å². The van der Waals surface area contributed by atoms with Crippen molar-refractivity contribution in [2.75, 3.05) is 13.7 Å². The van der Waals surface area contributed by atoms with Gasteiger partial charge < -0.3 is 15.8 Å². The van der Waals surface area contributed by atoms with Crippen molar-refractivity contribution in [3.63, 3.8) is 0 Å². The van der Waals surface area contributed by atoms with Crippen molar-refractivity contribution >= 4 is 5.91 Å². The van der Waals surface area contributed by atoms with Crippen LogP contribution in [0.25, 0.3) is 0 Å². The van der Waals surface area contributed by atoms with Crippen molar-refractivity contribution in [3.8, 4) is 0 Å². The zero-order chi connectivity index (χ0) is 12.0. The number of methoxy groups -OCH3 is 1. The molecule has 0 saturated heterocycles. The van der Waals surface area contributed by atoms with E-state index in [4.69, 9.17) is 10.5 Å². The lowest BCUT2D eigenvalue weighted by Gasteiger charge is -2.29. The number of nitrogens with one attached hydrogen (secondary N) is 1. The molecule has 2 unspecified atom stereocenters. The van der Waals surface area contributed by atoms with Crippen molar-refractivity contribution in [2.24, 2.45) is 11.7 Å². The molecule has 0 spiro atoms. The SMILES string of the molecule is COCC(C)C(NC1CCCCC1)C(N)=O. The molecule has 94 valence electrons. The Bertz CT molecular complexity index is 215. The molecule has 4 nitrogen and oxygen atoms in total. The second-order valence-electron chi connectivity index (χ2n) is 4.81. The summed E-state index contributed by atoms with van der Waals surface area (Å²) in [6.07, 6.45) is 6.13. The highest BCUT2D eigenvalue weighted by atomic mass is 16.5. The number of primary amides is 1. The molecule has 0 aromatic heterocycles. The summed E-state index contributed by atoms with van der Waals surface area (Å²) in [5.74, 6) is -0.139. The van der Waals surface area contributed by atoms with Crippen molar-refractivity contribution in [3.05, 3.63) is 0 Å². The van der Waals surface area contributed by atoms with Gasteiger partial charge in [0.25, 0.3) is 0 Å². The van der Waals surface area contributed by atoms with Gasteiger partial charge in [0.15, 0.2) is 0 Å². The Morgan fingerprint density at radius 2 is 2.06 bits per heavy atom. The number of carbonyl (C=O) groups excluding carboxylic acids is 1. The molecule has 16 heavy (non-hydrogen) atoms. The summed E-state index contributed by atoms with van der Waals surface area (Å²) in [5.41, 5.74) is 5.43. The van der Waals surface area contributed by atoms with Crippen LogP contribution in [0, 0.1) is 5.92 Å². The van der Waals surface area contributed by atoms with Gasteiger partial charge in [0.05, 0.1) is 12.6 Å². The number of rotatable bonds is 6. The third-order valence-electron chi connectivity index (χ3n) is 3.33. The Balaban J connectivity index is 2.46. The van der Waals surface area contributed by atoms with Crippen LogP contribution < -0.4 is 11.1 Å². The summed E-state index contributed by atoms with van der Waals surface area (Å²) >= 11 is 0. The highest BCUT2D eigenvalue weighted by Crippen LogP contribution is 2.19. The first-order chi connectivity index (χ1) is 7.65. The third-order valence-corrected chi connectivity index (χ3v) is 3.33. The predicted octanol–water partition coefficient (Wildman–Crippen LogP) is 1.05. The summed E-state index contributed by atoms with van der Waals surface area (Å²) in [5, 5.41) is 3.39. The van der Waals surface area contributed by atoms with Crippen LogP contribution in [0.1, 0.15) is 39.0 Å².